The summed E-state index contributed by atoms with van der Waals surface area (Å²) in [5.41, 5.74) is 6.62. The van der Waals surface area contributed by atoms with E-state index in [9.17, 15) is 0 Å². The molecule has 0 spiro atoms. The molecule has 0 heteroatoms. The van der Waals surface area contributed by atoms with Gasteiger partial charge in [0.25, 0.3) is 0 Å². The third-order valence-corrected chi connectivity index (χ3v) is 5.46. The van der Waals surface area contributed by atoms with Crippen molar-refractivity contribution in [2.75, 3.05) is 0 Å². The molecule has 0 saturated carbocycles. The van der Waals surface area contributed by atoms with Gasteiger partial charge in [-0.3, -0.25) is 0 Å². The SMILES string of the molecule is CCCCCC1=C(CCCCC)C2c3ccccc3C=CC12. The fraction of sp³-hybridized carbons (Fsp3) is 0.545. The molecule has 1 aromatic rings. The Morgan fingerprint density at radius 1 is 0.818 bits per heavy atom. The molecule has 2 aliphatic carbocycles. The van der Waals surface area contributed by atoms with E-state index >= 15 is 0 Å². The highest BCUT2D eigenvalue weighted by Crippen LogP contribution is 2.55. The molecule has 3 rings (SSSR count). The lowest BCUT2D eigenvalue weighted by Crippen LogP contribution is -2.30. The summed E-state index contributed by atoms with van der Waals surface area (Å²) >= 11 is 0. The third-order valence-electron chi connectivity index (χ3n) is 5.46. The smallest absolute Gasteiger partial charge is 0.0157 e. The zero-order valence-corrected chi connectivity index (χ0v) is 14.3. The van der Waals surface area contributed by atoms with Gasteiger partial charge in [0.05, 0.1) is 0 Å². The second-order valence-corrected chi connectivity index (χ2v) is 6.96. The molecule has 118 valence electrons. The molecule has 0 nitrogen and oxygen atoms in total. The molecule has 2 atom stereocenters. The number of benzene rings is 1. The molecule has 0 heterocycles. The largest absolute Gasteiger partial charge is 0.0758 e. The predicted molar refractivity (Wildman–Crippen MR) is 97.0 cm³/mol. The van der Waals surface area contributed by atoms with Crippen molar-refractivity contribution in [3.63, 3.8) is 0 Å². The summed E-state index contributed by atoms with van der Waals surface area (Å²) in [5, 5.41) is 0. The Labute approximate surface area is 136 Å². The molecule has 0 fully saturated rings. The van der Waals surface area contributed by atoms with Crippen molar-refractivity contribution in [2.45, 2.75) is 71.1 Å². The Hall–Kier alpha value is -1.30. The van der Waals surface area contributed by atoms with Crippen LogP contribution in [0.2, 0.25) is 0 Å². The lowest BCUT2D eigenvalue weighted by atomic mass is 9.59. The molecule has 0 saturated heterocycles. The van der Waals surface area contributed by atoms with Gasteiger partial charge in [-0.25, -0.2) is 0 Å². The monoisotopic (exact) mass is 294 g/mol. The van der Waals surface area contributed by atoms with E-state index in [1.807, 2.05) is 0 Å². The first-order valence-corrected chi connectivity index (χ1v) is 9.35. The van der Waals surface area contributed by atoms with Crippen molar-refractivity contribution < 1.29 is 0 Å². The van der Waals surface area contributed by atoms with E-state index in [1.54, 1.807) is 16.7 Å². The van der Waals surface area contributed by atoms with Crippen LogP contribution < -0.4 is 0 Å². The molecular formula is C22H30. The summed E-state index contributed by atoms with van der Waals surface area (Å²) in [4.78, 5) is 0. The Morgan fingerprint density at radius 3 is 2.23 bits per heavy atom. The van der Waals surface area contributed by atoms with Gasteiger partial charge in [0, 0.05) is 11.8 Å². The molecule has 0 bridgehead atoms. The van der Waals surface area contributed by atoms with E-state index in [4.69, 9.17) is 0 Å². The molecule has 2 unspecified atom stereocenters. The van der Waals surface area contributed by atoms with E-state index in [0.717, 1.165) is 0 Å². The van der Waals surface area contributed by atoms with Crippen molar-refractivity contribution >= 4 is 6.08 Å². The van der Waals surface area contributed by atoms with Gasteiger partial charge in [-0.05, 0) is 36.8 Å². The highest BCUT2D eigenvalue weighted by Gasteiger charge is 2.40. The second-order valence-electron chi connectivity index (χ2n) is 6.96. The summed E-state index contributed by atoms with van der Waals surface area (Å²) < 4.78 is 0. The molecule has 1 aromatic carbocycles. The van der Waals surface area contributed by atoms with Crippen molar-refractivity contribution in [1.29, 1.82) is 0 Å². The van der Waals surface area contributed by atoms with Crippen molar-refractivity contribution in [2.24, 2.45) is 5.92 Å². The van der Waals surface area contributed by atoms with Crippen LogP contribution in [-0.4, -0.2) is 0 Å². The number of fused-ring (bicyclic) bond motifs is 3. The van der Waals surface area contributed by atoms with Crippen molar-refractivity contribution in [1.82, 2.24) is 0 Å². The fourth-order valence-corrected chi connectivity index (χ4v) is 4.27. The topological polar surface area (TPSA) is 0 Å². The van der Waals surface area contributed by atoms with Crippen LogP contribution in [0.25, 0.3) is 6.08 Å². The van der Waals surface area contributed by atoms with Gasteiger partial charge in [-0.1, -0.05) is 87.1 Å². The van der Waals surface area contributed by atoms with Gasteiger partial charge in [0.2, 0.25) is 0 Å². The van der Waals surface area contributed by atoms with Gasteiger partial charge in [-0.2, -0.15) is 0 Å². The first kappa shape index (κ1) is 15.6. The Bertz CT molecular complexity index is 561. The lowest BCUT2D eigenvalue weighted by Gasteiger charge is -2.44. The summed E-state index contributed by atoms with van der Waals surface area (Å²) in [6.07, 6.45) is 15.7. The first-order chi connectivity index (χ1) is 10.9. The molecule has 0 radical (unpaired) electrons. The number of allylic oxidation sites excluding steroid dienone is 3. The molecule has 2 aliphatic rings. The zero-order valence-electron chi connectivity index (χ0n) is 14.3. The zero-order chi connectivity index (χ0) is 15.4. The quantitative estimate of drug-likeness (QED) is 0.362. The normalized spacial score (nSPS) is 22.3. The van der Waals surface area contributed by atoms with Gasteiger partial charge >= 0.3 is 0 Å². The maximum Gasteiger partial charge on any atom is 0.0157 e. The predicted octanol–water partition coefficient (Wildman–Crippen LogP) is 6.88. The number of hydrogen-bond acceptors (Lipinski definition) is 0. The van der Waals surface area contributed by atoms with Crippen LogP contribution in [0.3, 0.4) is 0 Å². The van der Waals surface area contributed by atoms with Gasteiger partial charge in [-0.15, -0.1) is 0 Å². The van der Waals surface area contributed by atoms with Crippen LogP contribution in [0.4, 0.5) is 0 Å². The minimum atomic E-state index is 0.703. The van der Waals surface area contributed by atoms with Crippen LogP contribution in [-0.2, 0) is 0 Å². The number of unbranched alkanes of at least 4 members (excludes halogenated alkanes) is 4. The average Bonchev–Trinajstić information content (AvgIpc) is 2.55. The van der Waals surface area contributed by atoms with Gasteiger partial charge in [0.15, 0.2) is 0 Å². The van der Waals surface area contributed by atoms with Gasteiger partial charge < -0.3 is 0 Å². The van der Waals surface area contributed by atoms with Crippen LogP contribution in [0.5, 0.6) is 0 Å². The Balaban J connectivity index is 1.81. The molecule has 0 aromatic heterocycles. The average molecular weight is 294 g/mol. The van der Waals surface area contributed by atoms with Crippen LogP contribution in [0.15, 0.2) is 41.5 Å². The summed E-state index contributed by atoms with van der Waals surface area (Å²) in [6.45, 7) is 4.61. The standard InChI is InChI=1S/C22H30/c1-3-5-7-13-19-20(14-8-6-4-2)22-18-12-10-9-11-17(18)15-16-21(19)22/h9-12,15-16,21-22H,3-8,13-14H2,1-2H3. The minimum Gasteiger partial charge on any atom is -0.0758 e. The first-order valence-electron chi connectivity index (χ1n) is 9.35. The summed E-state index contributed by atoms with van der Waals surface area (Å²) in [5.74, 6) is 1.41. The molecule has 22 heavy (non-hydrogen) atoms. The molecule has 0 amide bonds. The van der Waals surface area contributed by atoms with E-state index in [2.05, 4.69) is 50.3 Å². The lowest BCUT2D eigenvalue weighted by molar-refractivity contribution is 0.477. The highest BCUT2D eigenvalue weighted by atomic mass is 14.4. The summed E-state index contributed by atoms with van der Waals surface area (Å²) in [6, 6.07) is 9.03. The van der Waals surface area contributed by atoms with Crippen molar-refractivity contribution in [3.05, 3.63) is 52.6 Å². The van der Waals surface area contributed by atoms with Crippen molar-refractivity contribution in [3.8, 4) is 0 Å². The third kappa shape index (κ3) is 2.93. The van der Waals surface area contributed by atoms with E-state index in [-0.39, 0.29) is 0 Å². The fourth-order valence-electron chi connectivity index (χ4n) is 4.27. The van der Waals surface area contributed by atoms with E-state index in [0.29, 0.717) is 11.8 Å². The number of hydrogen-bond donors (Lipinski definition) is 0. The molecule has 0 N–H and O–H groups in total. The van der Waals surface area contributed by atoms with Crippen LogP contribution in [0, 0.1) is 5.92 Å². The van der Waals surface area contributed by atoms with Gasteiger partial charge in [0.1, 0.15) is 0 Å². The number of rotatable bonds is 8. The highest BCUT2D eigenvalue weighted by molar-refractivity contribution is 5.65. The van der Waals surface area contributed by atoms with Crippen LogP contribution >= 0.6 is 0 Å². The minimum absolute atomic E-state index is 0.703. The maximum absolute atomic E-state index is 2.48. The Morgan fingerprint density at radius 2 is 1.50 bits per heavy atom. The second kappa shape index (κ2) is 7.31. The maximum atomic E-state index is 2.48. The molecular weight excluding hydrogens is 264 g/mol. The summed E-state index contributed by atoms with van der Waals surface area (Å²) in [7, 11) is 0. The Kier molecular flexibility index (Phi) is 5.18. The molecule has 0 aliphatic heterocycles. The van der Waals surface area contributed by atoms with E-state index < -0.39 is 0 Å². The van der Waals surface area contributed by atoms with E-state index in [1.165, 1.54) is 56.9 Å². The van der Waals surface area contributed by atoms with Crippen LogP contribution in [0.1, 0.15) is 82.3 Å².